The summed E-state index contributed by atoms with van der Waals surface area (Å²) in [4.78, 5) is 0. The summed E-state index contributed by atoms with van der Waals surface area (Å²) in [6.45, 7) is 11.2. The summed E-state index contributed by atoms with van der Waals surface area (Å²) in [6, 6.07) is 5.02. The molecule has 0 saturated carbocycles. The maximum Gasteiger partial charge on any atom is 0.161 e. The van der Waals surface area contributed by atoms with Crippen LogP contribution in [0.1, 0.15) is 57.7 Å². The molecule has 3 heteroatoms. The minimum absolute atomic E-state index is 0.568. The molecule has 0 aromatic heterocycles. The second-order valence-corrected chi connectivity index (χ2v) is 5.74. The minimum atomic E-state index is 0.568. The van der Waals surface area contributed by atoms with Crippen molar-refractivity contribution in [2.24, 2.45) is 5.92 Å². The van der Waals surface area contributed by atoms with E-state index in [0.29, 0.717) is 19.3 Å². The molecule has 0 unspecified atom stereocenters. The molecule has 1 atom stereocenters. The van der Waals surface area contributed by atoms with Crippen molar-refractivity contribution in [2.45, 2.75) is 53.0 Å². The number of ether oxygens (including phenoxy) is 2. The Morgan fingerprint density at radius 1 is 1.05 bits per heavy atom. The van der Waals surface area contributed by atoms with Crippen LogP contribution in [0.5, 0.6) is 11.5 Å². The maximum atomic E-state index is 5.81. The Kier molecular flexibility index (Phi) is 5.92. The summed E-state index contributed by atoms with van der Waals surface area (Å²) in [5.74, 6) is 2.55. The quantitative estimate of drug-likeness (QED) is 0.838. The van der Waals surface area contributed by atoms with Crippen LogP contribution in [0.15, 0.2) is 12.1 Å². The van der Waals surface area contributed by atoms with Gasteiger partial charge in [0.15, 0.2) is 11.5 Å². The van der Waals surface area contributed by atoms with Gasteiger partial charge in [-0.15, -0.1) is 0 Å². The summed E-state index contributed by atoms with van der Waals surface area (Å²) in [5.41, 5.74) is 2.91. The van der Waals surface area contributed by atoms with Crippen molar-refractivity contribution in [3.05, 3.63) is 23.3 Å². The van der Waals surface area contributed by atoms with E-state index in [1.165, 1.54) is 30.5 Å². The Balaban J connectivity index is 2.40. The first-order valence-electron chi connectivity index (χ1n) is 8.50. The highest BCUT2D eigenvalue weighted by Crippen LogP contribution is 2.37. The molecule has 3 nitrogen and oxygen atoms in total. The Morgan fingerprint density at radius 2 is 1.67 bits per heavy atom. The highest BCUT2D eigenvalue weighted by molar-refractivity contribution is 5.49. The van der Waals surface area contributed by atoms with Crippen molar-refractivity contribution < 1.29 is 14.8 Å². The fraction of sp³-hybridized carbons (Fsp3) is 0.667. The Hall–Kier alpha value is -1.22. The van der Waals surface area contributed by atoms with Gasteiger partial charge in [-0.2, -0.15) is 0 Å². The molecule has 0 spiro atoms. The molecule has 1 aliphatic heterocycles. The van der Waals surface area contributed by atoms with E-state index in [0.717, 1.165) is 23.8 Å². The first-order valence-corrected chi connectivity index (χ1v) is 8.50. The van der Waals surface area contributed by atoms with Crippen molar-refractivity contribution >= 4 is 0 Å². The molecule has 1 aromatic rings. The van der Waals surface area contributed by atoms with Gasteiger partial charge in [0.1, 0.15) is 6.04 Å². The topological polar surface area (TPSA) is 35.1 Å². The average molecular weight is 292 g/mol. The van der Waals surface area contributed by atoms with E-state index >= 15 is 0 Å². The first kappa shape index (κ1) is 16.2. The van der Waals surface area contributed by atoms with E-state index in [1.54, 1.807) is 0 Å². The Bertz CT molecular complexity index is 455. The van der Waals surface area contributed by atoms with E-state index < -0.39 is 0 Å². The van der Waals surface area contributed by atoms with Crippen molar-refractivity contribution in [2.75, 3.05) is 19.8 Å². The fourth-order valence-corrected chi connectivity index (χ4v) is 3.47. The van der Waals surface area contributed by atoms with Crippen LogP contribution in [0.25, 0.3) is 0 Å². The summed E-state index contributed by atoms with van der Waals surface area (Å²) < 4.78 is 11.6. The van der Waals surface area contributed by atoms with Gasteiger partial charge in [0.2, 0.25) is 0 Å². The van der Waals surface area contributed by atoms with Crippen LogP contribution in [-0.2, 0) is 6.42 Å². The third-order valence-corrected chi connectivity index (χ3v) is 4.56. The van der Waals surface area contributed by atoms with Gasteiger partial charge in [-0.1, -0.05) is 13.8 Å². The zero-order chi connectivity index (χ0) is 15.2. The van der Waals surface area contributed by atoms with Gasteiger partial charge in [-0.05, 0) is 44.4 Å². The lowest BCUT2D eigenvalue weighted by molar-refractivity contribution is -0.706. The molecule has 0 fully saturated rings. The molecule has 0 bridgehead atoms. The number of quaternary nitrogens is 1. The van der Waals surface area contributed by atoms with E-state index in [1.807, 2.05) is 13.8 Å². The molecule has 0 radical (unpaired) electrons. The summed E-state index contributed by atoms with van der Waals surface area (Å²) in [5, 5.41) is 2.51. The van der Waals surface area contributed by atoms with Gasteiger partial charge in [0, 0.05) is 17.9 Å². The Morgan fingerprint density at radius 3 is 2.24 bits per heavy atom. The van der Waals surface area contributed by atoms with E-state index in [4.69, 9.17) is 9.47 Å². The van der Waals surface area contributed by atoms with Crippen molar-refractivity contribution in [3.8, 4) is 11.5 Å². The zero-order valence-corrected chi connectivity index (χ0v) is 13.9. The van der Waals surface area contributed by atoms with Crippen molar-refractivity contribution in [1.29, 1.82) is 0 Å². The number of hydrogen-bond donors (Lipinski definition) is 1. The molecular weight excluding hydrogens is 262 g/mol. The number of hydrogen-bond acceptors (Lipinski definition) is 2. The highest BCUT2D eigenvalue weighted by atomic mass is 16.5. The molecule has 1 aromatic carbocycles. The van der Waals surface area contributed by atoms with Crippen molar-refractivity contribution in [1.82, 2.24) is 0 Å². The normalized spacial score (nSPS) is 17.7. The molecule has 2 N–H and O–H groups in total. The van der Waals surface area contributed by atoms with Crippen LogP contribution < -0.4 is 14.8 Å². The second kappa shape index (κ2) is 7.69. The molecule has 118 valence electrons. The first-order chi connectivity index (χ1) is 10.2. The largest absolute Gasteiger partial charge is 0.490 e. The van der Waals surface area contributed by atoms with Gasteiger partial charge in [0.05, 0.1) is 19.8 Å². The number of benzene rings is 1. The zero-order valence-electron chi connectivity index (χ0n) is 13.9. The van der Waals surface area contributed by atoms with Crippen LogP contribution in [-0.4, -0.2) is 19.8 Å². The molecule has 1 aliphatic rings. The number of rotatable bonds is 7. The lowest BCUT2D eigenvalue weighted by Gasteiger charge is -2.30. The molecule has 21 heavy (non-hydrogen) atoms. The number of nitrogens with two attached hydrogens (primary N) is 1. The molecular formula is C18H30NO2+. The second-order valence-electron chi connectivity index (χ2n) is 5.74. The molecule has 0 aliphatic carbocycles. The van der Waals surface area contributed by atoms with Crippen LogP contribution in [0.4, 0.5) is 0 Å². The van der Waals surface area contributed by atoms with Crippen LogP contribution in [0, 0.1) is 5.92 Å². The third-order valence-electron chi connectivity index (χ3n) is 4.56. The lowest BCUT2D eigenvalue weighted by atomic mass is 9.83. The molecule has 0 saturated heterocycles. The van der Waals surface area contributed by atoms with Gasteiger partial charge in [0.25, 0.3) is 0 Å². The van der Waals surface area contributed by atoms with Gasteiger partial charge < -0.3 is 14.8 Å². The number of fused-ring (bicyclic) bond motifs is 1. The summed E-state index contributed by atoms with van der Waals surface area (Å²) in [7, 11) is 0. The van der Waals surface area contributed by atoms with Crippen molar-refractivity contribution in [3.63, 3.8) is 0 Å². The molecule has 2 rings (SSSR count). The van der Waals surface area contributed by atoms with E-state index in [-0.39, 0.29) is 0 Å². The fourth-order valence-electron chi connectivity index (χ4n) is 3.47. The van der Waals surface area contributed by atoms with Crippen LogP contribution in [0.2, 0.25) is 0 Å². The maximum absolute atomic E-state index is 5.81. The summed E-state index contributed by atoms with van der Waals surface area (Å²) >= 11 is 0. The SMILES string of the molecule is CCOc1cc2c(cc1OCC)[C@H](C(CC)CC)[NH2+]CC2. The van der Waals surface area contributed by atoms with Crippen LogP contribution >= 0.6 is 0 Å². The molecule has 0 amide bonds. The van der Waals surface area contributed by atoms with Gasteiger partial charge in [-0.3, -0.25) is 0 Å². The van der Waals surface area contributed by atoms with Gasteiger partial charge >= 0.3 is 0 Å². The predicted molar refractivity (Wildman–Crippen MR) is 86.1 cm³/mol. The smallest absolute Gasteiger partial charge is 0.161 e. The average Bonchev–Trinajstić information content (AvgIpc) is 2.50. The summed E-state index contributed by atoms with van der Waals surface area (Å²) in [6.07, 6.45) is 3.58. The lowest BCUT2D eigenvalue weighted by Crippen LogP contribution is -2.88. The predicted octanol–water partition coefficient (Wildman–Crippen LogP) is 3.08. The Labute approximate surface area is 129 Å². The van der Waals surface area contributed by atoms with E-state index in [9.17, 15) is 0 Å². The van der Waals surface area contributed by atoms with E-state index in [2.05, 4.69) is 31.3 Å². The highest BCUT2D eigenvalue weighted by Gasteiger charge is 2.30. The van der Waals surface area contributed by atoms with Gasteiger partial charge in [-0.25, -0.2) is 0 Å². The minimum Gasteiger partial charge on any atom is -0.490 e. The monoisotopic (exact) mass is 292 g/mol. The molecule has 1 heterocycles. The van der Waals surface area contributed by atoms with Crippen LogP contribution in [0.3, 0.4) is 0 Å². The third kappa shape index (κ3) is 3.52. The standard InChI is InChI=1S/C18H29NO2/c1-5-13(6-2)18-15-12-17(21-8-4)16(20-7-3)11-14(15)9-10-19-18/h11-13,18-19H,5-10H2,1-4H3/p+1/t18-/m0/s1.